The molecule has 0 aromatic carbocycles. The van der Waals surface area contributed by atoms with Crippen molar-refractivity contribution in [3.05, 3.63) is 0 Å². The van der Waals surface area contributed by atoms with Crippen LogP contribution in [0.3, 0.4) is 0 Å². The van der Waals surface area contributed by atoms with E-state index in [2.05, 4.69) is 6.92 Å². The Hall–Kier alpha value is -1.04. The van der Waals surface area contributed by atoms with E-state index < -0.39 is 5.97 Å². The summed E-state index contributed by atoms with van der Waals surface area (Å²) in [5, 5.41) is 8.16. The van der Waals surface area contributed by atoms with Gasteiger partial charge in [-0.3, -0.25) is 4.79 Å². The third-order valence-corrected chi connectivity index (χ3v) is 1.73. The largest absolute Gasteiger partial charge is 0.465 e. The molecular formula is C10H17NO2. The van der Waals surface area contributed by atoms with E-state index in [1.54, 1.807) is 6.07 Å². The van der Waals surface area contributed by atoms with Gasteiger partial charge in [0.2, 0.25) is 0 Å². The van der Waals surface area contributed by atoms with E-state index in [-0.39, 0.29) is 6.42 Å². The van der Waals surface area contributed by atoms with Crippen molar-refractivity contribution in [3.8, 4) is 6.07 Å². The maximum Gasteiger partial charge on any atom is 0.320 e. The van der Waals surface area contributed by atoms with Gasteiger partial charge < -0.3 is 4.74 Å². The molecule has 0 spiro atoms. The maximum atomic E-state index is 10.7. The molecule has 0 atom stereocenters. The Bertz CT molecular complexity index is 172. The molecule has 0 unspecified atom stereocenters. The van der Waals surface area contributed by atoms with E-state index in [0.717, 1.165) is 12.8 Å². The Morgan fingerprint density at radius 2 is 2.00 bits per heavy atom. The van der Waals surface area contributed by atoms with Gasteiger partial charge in [-0.25, -0.2) is 0 Å². The summed E-state index contributed by atoms with van der Waals surface area (Å²) in [5.74, 6) is -0.405. The molecule has 0 aliphatic carbocycles. The first kappa shape index (κ1) is 12.0. The molecule has 0 N–H and O–H groups in total. The van der Waals surface area contributed by atoms with Gasteiger partial charge in [0.15, 0.2) is 0 Å². The summed E-state index contributed by atoms with van der Waals surface area (Å²) < 4.78 is 4.80. The number of carbonyl (C=O) groups excluding carboxylic acids is 1. The molecule has 0 aromatic heterocycles. The van der Waals surface area contributed by atoms with Crippen LogP contribution in [0.1, 0.15) is 45.4 Å². The Kier molecular flexibility index (Phi) is 8.33. The molecule has 0 radical (unpaired) electrons. The fraction of sp³-hybridized carbons (Fsp3) is 0.800. The van der Waals surface area contributed by atoms with Gasteiger partial charge in [-0.1, -0.05) is 32.6 Å². The number of carbonyl (C=O) groups is 1. The highest BCUT2D eigenvalue weighted by Gasteiger charge is 1.99. The van der Waals surface area contributed by atoms with Gasteiger partial charge in [0.1, 0.15) is 6.42 Å². The summed E-state index contributed by atoms with van der Waals surface area (Å²) in [6.07, 6.45) is 5.55. The number of nitrogens with zero attached hydrogens (tertiary/aromatic N) is 1. The molecule has 0 aliphatic heterocycles. The molecular weight excluding hydrogens is 166 g/mol. The van der Waals surface area contributed by atoms with Gasteiger partial charge >= 0.3 is 5.97 Å². The minimum Gasteiger partial charge on any atom is -0.465 e. The Labute approximate surface area is 79.7 Å². The zero-order valence-corrected chi connectivity index (χ0v) is 8.21. The third kappa shape index (κ3) is 8.87. The molecule has 0 fully saturated rings. The predicted octanol–water partition coefficient (Wildman–Crippen LogP) is 2.41. The van der Waals surface area contributed by atoms with Crippen molar-refractivity contribution in [1.29, 1.82) is 5.26 Å². The Balaban J connectivity index is 3.08. The van der Waals surface area contributed by atoms with Crippen LogP contribution >= 0.6 is 0 Å². The first-order valence-electron chi connectivity index (χ1n) is 4.83. The zero-order chi connectivity index (χ0) is 9.94. The molecule has 0 rings (SSSR count). The van der Waals surface area contributed by atoms with Crippen LogP contribution in [0.5, 0.6) is 0 Å². The van der Waals surface area contributed by atoms with Crippen molar-refractivity contribution < 1.29 is 9.53 Å². The summed E-state index contributed by atoms with van der Waals surface area (Å²) in [5.41, 5.74) is 0. The monoisotopic (exact) mass is 183 g/mol. The molecule has 0 saturated carbocycles. The molecule has 13 heavy (non-hydrogen) atoms. The normalized spacial score (nSPS) is 9.23. The van der Waals surface area contributed by atoms with Crippen LogP contribution in [0.2, 0.25) is 0 Å². The van der Waals surface area contributed by atoms with Crippen LogP contribution < -0.4 is 0 Å². The lowest BCUT2D eigenvalue weighted by Gasteiger charge is -2.01. The number of hydrogen-bond acceptors (Lipinski definition) is 3. The van der Waals surface area contributed by atoms with Crippen molar-refractivity contribution in [3.63, 3.8) is 0 Å². The van der Waals surface area contributed by atoms with Gasteiger partial charge in [0, 0.05) is 0 Å². The topological polar surface area (TPSA) is 50.1 Å². The highest BCUT2D eigenvalue weighted by atomic mass is 16.5. The number of esters is 1. The standard InChI is InChI=1S/C10H17NO2/c1-2-3-4-5-6-9-13-10(12)7-8-11/h2-7,9H2,1H3. The van der Waals surface area contributed by atoms with Crippen molar-refractivity contribution in [2.45, 2.75) is 45.4 Å². The number of ether oxygens (including phenoxy) is 1. The molecule has 0 saturated heterocycles. The number of hydrogen-bond donors (Lipinski definition) is 0. The highest BCUT2D eigenvalue weighted by Crippen LogP contribution is 2.02. The van der Waals surface area contributed by atoms with E-state index in [4.69, 9.17) is 10.00 Å². The van der Waals surface area contributed by atoms with Gasteiger partial charge in [-0.15, -0.1) is 0 Å². The fourth-order valence-corrected chi connectivity index (χ4v) is 1.01. The van der Waals surface area contributed by atoms with E-state index in [1.165, 1.54) is 19.3 Å². The van der Waals surface area contributed by atoms with Crippen LogP contribution in [-0.2, 0) is 9.53 Å². The number of rotatable bonds is 7. The molecule has 3 heteroatoms. The highest BCUT2D eigenvalue weighted by molar-refractivity contribution is 5.71. The summed E-state index contributed by atoms with van der Waals surface area (Å²) in [7, 11) is 0. The molecule has 0 amide bonds. The van der Waals surface area contributed by atoms with Crippen molar-refractivity contribution in [2.75, 3.05) is 6.61 Å². The third-order valence-electron chi connectivity index (χ3n) is 1.73. The Morgan fingerprint density at radius 3 is 2.62 bits per heavy atom. The van der Waals surface area contributed by atoms with Crippen LogP contribution in [-0.4, -0.2) is 12.6 Å². The fourth-order valence-electron chi connectivity index (χ4n) is 1.01. The minimum absolute atomic E-state index is 0.130. The lowest BCUT2D eigenvalue weighted by atomic mass is 10.2. The van der Waals surface area contributed by atoms with Crippen LogP contribution in [0.4, 0.5) is 0 Å². The Morgan fingerprint density at radius 1 is 1.31 bits per heavy atom. The lowest BCUT2D eigenvalue weighted by molar-refractivity contribution is -0.142. The SMILES string of the molecule is CCCCCCCOC(=O)CC#N. The molecule has 0 bridgehead atoms. The molecule has 0 aromatic rings. The van der Waals surface area contributed by atoms with E-state index >= 15 is 0 Å². The quantitative estimate of drug-likeness (QED) is 0.450. The smallest absolute Gasteiger partial charge is 0.320 e. The van der Waals surface area contributed by atoms with Crippen LogP contribution in [0, 0.1) is 11.3 Å². The van der Waals surface area contributed by atoms with Crippen LogP contribution in [0.25, 0.3) is 0 Å². The predicted molar refractivity (Wildman–Crippen MR) is 49.9 cm³/mol. The van der Waals surface area contributed by atoms with Gasteiger partial charge in [-0.2, -0.15) is 5.26 Å². The van der Waals surface area contributed by atoms with Gasteiger partial charge in [0.25, 0.3) is 0 Å². The molecule has 3 nitrogen and oxygen atoms in total. The minimum atomic E-state index is -0.405. The van der Waals surface area contributed by atoms with Crippen molar-refractivity contribution in [2.24, 2.45) is 0 Å². The number of nitriles is 1. The van der Waals surface area contributed by atoms with Crippen molar-refractivity contribution in [1.82, 2.24) is 0 Å². The second-order valence-electron chi connectivity index (χ2n) is 2.97. The maximum absolute atomic E-state index is 10.7. The van der Waals surface area contributed by atoms with Crippen LogP contribution in [0.15, 0.2) is 0 Å². The molecule has 0 aliphatic rings. The second-order valence-corrected chi connectivity index (χ2v) is 2.97. The molecule has 0 heterocycles. The summed E-state index contributed by atoms with van der Waals surface area (Å²) >= 11 is 0. The van der Waals surface area contributed by atoms with Gasteiger partial charge in [-0.05, 0) is 6.42 Å². The van der Waals surface area contributed by atoms with E-state index in [0.29, 0.717) is 6.61 Å². The summed E-state index contributed by atoms with van der Waals surface area (Å²) in [6.45, 7) is 2.62. The summed E-state index contributed by atoms with van der Waals surface area (Å²) in [6, 6.07) is 1.75. The average molecular weight is 183 g/mol. The van der Waals surface area contributed by atoms with Crippen molar-refractivity contribution >= 4 is 5.97 Å². The molecule has 74 valence electrons. The first-order chi connectivity index (χ1) is 6.31. The second kappa shape index (κ2) is 9.05. The zero-order valence-electron chi connectivity index (χ0n) is 8.21. The average Bonchev–Trinajstić information content (AvgIpc) is 2.11. The van der Waals surface area contributed by atoms with Gasteiger partial charge in [0.05, 0.1) is 12.7 Å². The first-order valence-corrected chi connectivity index (χ1v) is 4.83. The lowest BCUT2D eigenvalue weighted by Crippen LogP contribution is -2.04. The summed E-state index contributed by atoms with van der Waals surface area (Å²) in [4.78, 5) is 10.7. The van der Waals surface area contributed by atoms with E-state index in [9.17, 15) is 4.79 Å². The van der Waals surface area contributed by atoms with E-state index in [1.807, 2.05) is 0 Å². The number of unbranched alkanes of at least 4 members (excludes halogenated alkanes) is 4.